The van der Waals surface area contributed by atoms with E-state index in [0.717, 1.165) is 11.1 Å². The molecular weight excluding hydrogens is 250 g/mol. The molecule has 0 bridgehead atoms. The second kappa shape index (κ2) is 5.57. The molecule has 0 aliphatic carbocycles. The van der Waals surface area contributed by atoms with Crippen molar-refractivity contribution in [2.24, 2.45) is 5.92 Å². The Hall–Kier alpha value is -1.35. The lowest BCUT2D eigenvalue weighted by molar-refractivity contribution is 0.0296. The van der Waals surface area contributed by atoms with Crippen LogP contribution in [0.5, 0.6) is 0 Å². The van der Waals surface area contributed by atoms with Crippen LogP contribution in [0.15, 0.2) is 24.3 Å². The fourth-order valence-corrected chi connectivity index (χ4v) is 2.81. The largest absolute Gasteiger partial charge is 0.393 e. The molecule has 1 saturated heterocycles. The third-order valence-corrected chi connectivity index (χ3v) is 4.11. The highest BCUT2D eigenvalue weighted by atomic mass is 16.3. The van der Waals surface area contributed by atoms with Crippen molar-refractivity contribution in [2.75, 3.05) is 13.1 Å². The molecule has 2 atom stereocenters. The first kappa shape index (κ1) is 15.0. The summed E-state index contributed by atoms with van der Waals surface area (Å²) in [6.07, 6.45) is 0.391. The number of hydrogen-bond donors (Lipinski definition) is 1. The lowest BCUT2D eigenvalue weighted by Crippen LogP contribution is -2.45. The molecule has 0 radical (unpaired) electrons. The van der Waals surface area contributed by atoms with E-state index in [9.17, 15) is 9.90 Å². The molecule has 110 valence electrons. The molecule has 20 heavy (non-hydrogen) atoms. The first-order chi connectivity index (χ1) is 9.30. The third-order valence-electron chi connectivity index (χ3n) is 4.11. The summed E-state index contributed by atoms with van der Waals surface area (Å²) in [4.78, 5) is 14.6. The van der Waals surface area contributed by atoms with Gasteiger partial charge in [-0.15, -0.1) is 0 Å². The highest BCUT2D eigenvalue weighted by Crippen LogP contribution is 2.28. The van der Waals surface area contributed by atoms with Crippen molar-refractivity contribution < 1.29 is 9.90 Å². The van der Waals surface area contributed by atoms with Gasteiger partial charge in [-0.2, -0.15) is 0 Å². The number of aliphatic hydroxyl groups is 1. The van der Waals surface area contributed by atoms with E-state index in [1.54, 1.807) is 0 Å². The van der Waals surface area contributed by atoms with Gasteiger partial charge in [0.15, 0.2) is 0 Å². The van der Waals surface area contributed by atoms with E-state index in [1.807, 2.05) is 36.1 Å². The average Bonchev–Trinajstić information content (AvgIpc) is 2.40. The molecule has 2 unspecified atom stereocenters. The van der Waals surface area contributed by atoms with Crippen molar-refractivity contribution in [1.82, 2.24) is 4.90 Å². The minimum absolute atomic E-state index is 0.0484. The summed E-state index contributed by atoms with van der Waals surface area (Å²) in [6, 6.07) is 7.86. The molecule has 1 N–H and O–H groups in total. The van der Waals surface area contributed by atoms with Gasteiger partial charge in [0.05, 0.1) is 6.10 Å². The maximum atomic E-state index is 12.8. The van der Waals surface area contributed by atoms with Crippen molar-refractivity contribution in [1.29, 1.82) is 0 Å². The minimum atomic E-state index is -0.281. The van der Waals surface area contributed by atoms with Gasteiger partial charge in [0.25, 0.3) is 5.91 Å². The molecule has 1 aliphatic rings. The van der Waals surface area contributed by atoms with Gasteiger partial charge in [-0.05, 0) is 29.4 Å². The molecule has 0 saturated carbocycles. The number of amides is 1. The first-order valence-electron chi connectivity index (χ1n) is 7.37. The highest BCUT2D eigenvalue weighted by molar-refractivity contribution is 5.96. The monoisotopic (exact) mass is 275 g/mol. The van der Waals surface area contributed by atoms with Crippen LogP contribution in [0.1, 0.15) is 50.0 Å². The summed E-state index contributed by atoms with van der Waals surface area (Å²) >= 11 is 0. The second-order valence-electron chi connectivity index (χ2n) is 6.88. The molecule has 0 aromatic heterocycles. The third kappa shape index (κ3) is 3.04. The van der Waals surface area contributed by atoms with E-state index in [4.69, 9.17) is 0 Å². The van der Waals surface area contributed by atoms with E-state index in [-0.39, 0.29) is 23.3 Å². The highest BCUT2D eigenvalue weighted by Gasteiger charge is 2.30. The normalized spacial score (nSPS) is 23.8. The van der Waals surface area contributed by atoms with Gasteiger partial charge in [-0.3, -0.25) is 4.79 Å². The Kier molecular flexibility index (Phi) is 4.19. The van der Waals surface area contributed by atoms with Crippen LogP contribution in [-0.4, -0.2) is 35.1 Å². The van der Waals surface area contributed by atoms with Gasteiger partial charge >= 0.3 is 0 Å². The summed E-state index contributed by atoms with van der Waals surface area (Å²) in [5, 5.41) is 9.79. The van der Waals surface area contributed by atoms with Gasteiger partial charge in [-0.1, -0.05) is 45.9 Å². The van der Waals surface area contributed by atoms with Gasteiger partial charge in [-0.25, -0.2) is 0 Å². The number of aliphatic hydroxyl groups excluding tert-OH is 1. The molecule has 1 aromatic carbocycles. The summed E-state index contributed by atoms with van der Waals surface area (Å²) in [6.45, 7) is 9.66. The van der Waals surface area contributed by atoms with Crippen molar-refractivity contribution in [3.8, 4) is 0 Å². The number of hydrogen-bond acceptors (Lipinski definition) is 2. The lowest BCUT2D eigenvalue weighted by atomic mass is 9.83. The standard InChI is InChI=1S/C17H25NO2/c1-12-11-18(10-9-15(12)19)16(20)13-7-5-6-8-14(13)17(2,3)4/h5-8,12,15,19H,9-11H2,1-4H3. The summed E-state index contributed by atoms with van der Waals surface area (Å²) in [7, 11) is 0. The Labute approximate surface area is 121 Å². The summed E-state index contributed by atoms with van der Waals surface area (Å²) in [5.41, 5.74) is 1.83. The van der Waals surface area contributed by atoms with Crippen LogP contribution in [0.2, 0.25) is 0 Å². The average molecular weight is 275 g/mol. The molecule has 3 nitrogen and oxygen atoms in total. The number of carbonyl (C=O) groups excluding carboxylic acids is 1. The van der Waals surface area contributed by atoms with Crippen LogP contribution in [0.4, 0.5) is 0 Å². The minimum Gasteiger partial charge on any atom is -0.393 e. The quantitative estimate of drug-likeness (QED) is 0.856. The topological polar surface area (TPSA) is 40.5 Å². The molecule has 1 aromatic rings. The Balaban J connectivity index is 2.26. The first-order valence-corrected chi connectivity index (χ1v) is 7.37. The molecular formula is C17H25NO2. The van der Waals surface area contributed by atoms with E-state index in [0.29, 0.717) is 19.5 Å². The maximum absolute atomic E-state index is 12.8. The zero-order valence-corrected chi connectivity index (χ0v) is 12.9. The summed E-state index contributed by atoms with van der Waals surface area (Å²) in [5.74, 6) is 0.240. The smallest absolute Gasteiger partial charge is 0.254 e. The van der Waals surface area contributed by atoms with Gasteiger partial charge in [0, 0.05) is 18.7 Å². The summed E-state index contributed by atoms with van der Waals surface area (Å²) < 4.78 is 0. The zero-order valence-electron chi connectivity index (χ0n) is 12.9. The Morgan fingerprint density at radius 1 is 1.30 bits per heavy atom. The van der Waals surface area contributed by atoms with E-state index < -0.39 is 0 Å². The van der Waals surface area contributed by atoms with Gasteiger partial charge < -0.3 is 10.0 Å². The van der Waals surface area contributed by atoms with Crippen molar-refractivity contribution >= 4 is 5.91 Å². The molecule has 3 heteroatoms. The SMILES string of the molecule is CC1CN(C(=O)c2ccccc2C(C)(C)C)CCC1O. The van der Waals surface area contributed by atoms with Crippen LogP contribution in [0.25, 0.3) is 0 Å². The van der Waals surface area contributed by atoms with Crippen LogP contribution < -0.4 is 0 Å². The van der Waals surface area contributed by atoms with Gasteiger partial charge in [0.1, 0.15) is 0 Å². The predicted molar refractivity (Wildman–Crippen MR) is 80.8 cm³/mol. The van der Waals surface area contributed by atoms with Crippen molar-refractivity contribution in [3.05, 3.63) is 35.4 Å². The fraction of sp³-hybridized carbons (Fsp3) is 0.588. The number of likely N-dealkylation sites (tertiary alicyclic amines) is 1. The predicted octanol–water partition coefficient (Wildman–Crippen LogP) is 2.83. The van der Waals surface area contributed by atoms with E-state index in [2.05, 4.69) is 20.8 Å². The molecule has 1 aliphatic heterocycles. The van der Waals surface area contributed by atoms with Crippen molar-refractivity contribution in [2.45, 2.75) is 45.6 Å². The Morgan fingerprint density at radius 2 is 1.95 bits per heavy atom. The van der Waals surface area contributed by atoms with Crippen LogP contribution >= 0.6 is 0 Å². The van der Waals surface area contributed by atoms with E-state index >= 15 is 0 Å². The van der Waals surface area contributed by atoms with Crippen molar-refractivity contribution in [3.63, 3.8) is 0 Å². The number of piperidine rings is 1. The van der Waals surface area contributed by atoms with Crippen LogP contribution in [-0.2, 0) is 5.41 Å². The Morgan fingerprint density at radius 3 is 2.55 bits per heavy atom. The molecule has 1 fully saturated rings. The lowest BCUT2D eigenvalue weighted by Gasteiger charge is -2.35. The molecule has 2 rings (SSSR count). The number of carbonyl (C=O) groups is 1. The number of nitrogens with zero attached hydrogens (tertiary/aromatic N) is 1. The molecule has 0 spiro atoms. The number of benzene rings is 1. The molecule has 1 heterocycles. The fourth-order valence-electron chi connectivity index (χ4n) is 2.81. The molecule has 1 amide bonds. The van der Waals surface area contributed by atoms with E-state index in [1.165, 1.54) is 0 Å². The van der Waals surface area contributed by atoms with Gasteiger partial charge in [0.2, 0.25) is 0 Å². The zero-order chi connectivity index (χ0) is 14.9. The second-order valence-corrected chi connectivity index (χ2v) is 6.88. The number of rotatable bonds is 1. The Bertz CT molecular complexity index is 490. The maximum Gasteiger partial charge on any atom is 0.254 e. The van der Waals surface area contributed by atoms with Crippen LogP contribution in [0, 0.1) is 5.92 Å². The van der Waals surface area contributed by atoms with Crippen LogP contribution in [0.3, 0.4) is 0 Å².